The first kappa shape index (κ1) is 13.9. The van der Waals surface area contributed by atoms with Crippen molar-refractivity contribution in [3.8, 4) is 0 Å². The van der Waals surface area contributed by atoms with E-state index >= 15 is 0 Å². The first-order valence-electron chi connectivity index (χ1n) is 6.78. The fraction of sp³-hybridized carbons (Fsp3) is 0.846. The lowest BCUT2D eigenvalue weighted by Crippen LogP contribution is -2.33. The molecule has 1 aromatic rings. The van der Waals surface area contributed by atoms with E-state index < -0.39 is 5.60 Å². The van der Waals surface area contributed by atoms with E-state index in [0.29, 0.717) is 5.75 Å². The first-order valence-corrected chi connectivity index (χ1v) is 7.76. The lowest BCUT2D eigenvalue weighted by atomic mass is 9.95. The molecule has 5 heteroatoms. The molecule has 1 aliphatic heterocycles. The second-order valence-electron chi connectivity index (χ2n) is 5.66. The molecule has 0 saturated carbocycles. The average molecular weight is 269 g/mol. The summed E-state index contributed by atoms with van der Waals surface area (Å²) >= 11 is 1.63. The molecule has 1 aliphatic rings. The Bertz CT molecular complexity index is 401. The summed E-state index contributed by atoms with van der Waals surface area (Å²) in [5, 5.41) is 19.8. The van der Waals surface area contributed by atoms with Crippen LogP contribution in [0.3, 0.4) is 0 Å². The molecule has 0 bridgehead atoms. The minimum Gasteiger partial charge on any atom is -0.389 e. The van der Waals surface area contributed by atoms with Crippen molar-refractivity contribution in [2.75, 3.05) is 5.75 Å². The van der Waals surface area contributed by atoms with Crippen molar-refractivity contribution in [1.82, 2.24) is 14.8 Å². The fourth-order valence-corrected chi connectivity index (χ4v) is 3.15. The highest BCUT2D eigenvalue weighted by atomic mass is 32.2. The zero-order valence-electron chi connectivity index (χ0n) is 11.5. The summed E-state index contributed by atoms with van der Waals surface area (Å²) in [6.45, 7) is 7.01. The molecule has 1 unspecified atom stereocenters. The van der Waals surface area contributed by atoms with Gasteiger partial charge in [0.2, 0.25) is 0 Å². The van der Waals surface area contributed by atoms with Gasteiger partial charge in [0.25, 0.3) is 0 Å². The fourth-order valence-electron chi connectivity index (χ4n) is 1.94. The van der Waals surface area contributed by atoms with Gasteiger partial charge in [0, 0.05) is 18.7 Å². The SMILES string of the molecule is CC(C)C(C)(O)CSc1nnc2n1CCCCC2. The Morgan fingerprint density at radius 2 is 2.11 bits per heavy atom. The van der Waals surface area contributed by atoms with E-state index in [1.54, 1.807) is 11.8 Å². The van der Waals surface area contributed by atoms with Crippen LogP contribution < -0.4 is 0 Å². The minimum atomic E-state index is -0.651. The second kappa shape index (κ2) is 5.61. The summed E-state index contributed by atoms with van der Waals surface area (Å²) in [7, 11) is 0. The topological polar surface area (TPSA) is 50.9 Å². The molecule has 0 saturated heterocycles. The van der Waals surface area contributed by atoms with Gasteiger partial charge in [0.15, 0.2) is 5.16 Å². The Balaban J connectivity index is 2.04. The number of nitrogens with zero attached hydrogens (tertiary/aromatic N) is 3. The lowest BCUT2D eigenvalue weighted by molar-refractivity contribution is 0.0376. The summed E-state index contributed by atoms with van der Waals surface area (Å²) < 4.78 is 2.23. The molecule has 0 spiro atoms. The summed E-state index contributed by atoms with van der Waals surface area (Å²) in [4.78, 5) is 0. The van der Waals surface area contributed by atoms with Gasteiger partial charge in [0.1, 0.15) is 5.82 Å². The van der Waals surface area contributed by atoms with Gasteiger partial charge in [-0.2, -0.15) is 0 Å². The van der Waals surface area contributed by atoms with E-state index in [1.165, 1.54) is 19.3 Å². The summed E-state index contributed by atoms with van der Waals surface area (Å²) in [6.07, 6.45) is 4.73. The van der Waals surface area contributed by atoms with Gasteiger partial charge in [-0.15, -0.1) is 10.2 Å². The van der Waals surface area contributed by atoms with Gasteiger partial charge in [0.05, 0.1) is 5.60 Å². The van der Waals surface area contributed by atoms with Gasteiger partial charge >= 0.3 is 0 Å². The molecule has 102 valence electrons. The van der Waals surface area contributed by atoms with Crippen molar-refractivity contribution in [1.29, 1.82) is 0 Å². The third-order valence-corrected chi connectivity index (χ3v) is 5.10. The minimum absolute atomic E-state index is 0.247. The van der Waals surface area contributed by atoms with Crippen molar-refractivity contribution in [3.63, 3.8) is 0 Å². The second-order valence-corrected chi connectivity index (χ2v) is 6.60. The van der Waals surface area contributed by atoms with E-state index in [2.05, 4.69) is 14.8 Å². The number of hydrogen-bond donors (Lipinski definition) is 1. The van der Waals surface area contributed by atoms with Crippen LogP contribution in [0, 0.1) is 5.92 Å². The van der Waals surface area contributed by atoms with E-state index in [0.717, 1.165) is 23.9 Å². The van der Waals surface area contributed by atoms with Crippen molar-refractivity contribution in [2.24, 2.45) is 5.92 Å². The smallest absolute Gasteiger partial charge is 0.191 e. The van der Waals surface area contributed by atoms with Crippen molar-refractivity contribution in [2.45, 2.75) is 63.8 Å². The van der Waals surface area contributed by atoms with Crippen LogP contribution in [0.4, 0.5) is 0 Å². The standard InChI is InChI=1S/C13H23N3OS/c1-10(2)13(3,17)9-18-12-15-14-11-7-5-4-6-8-16(11)12/h10,17H,4-9H2,1-3H3. The summed E-state index contributed by atoms with van der Waals surface area (Å²) in [6, 6.07) is 0. The Labute approximate surface area is 113 Å². The Morgan fingerprint density at radius 1 is 1.33 bits per heavy atom. The van der Waals surface area contributed by atoms with Gasteiger partial charge in [-0.05, 0) is 25.7 Å². The summed E-state index contributed by atoms with van der Waals surface area (Å²) in [5.74, 6) is 2.03. The van der Waals surface area contributed by atoms with Crippen LogP contribution in [0.5, 0.6) is 0 Å². The van der Waals surface area contributed by atoms with Crippen LogP contribution in [0.1, 0.15) is 45.9 Å². The van der Waals surface area contributed by atoms with Gasteiger partial charge in [-0.1, -0.05) is 32.0 Å². The predicted octanol–water partition coefficient (Wildman–Crippen LogP) is 2.50. The van der Waals surface area contributed by atoms with Crippen LogP contribution in [0.15, 0.2) is 5.16 Å². The molecule has 2 heterocycles. The van der Waals surface area contributed by atoms with Gasteiger partial charge < -0.3 is 9.67 Å². The molecule has 4 nitrogen and oxygen atoms in total. The molecule has 0 aromatic carbocycles. The highest BCUT2D eigenvalue weighted by Crippen LogP contribution is 2.27. The van der Waals surface area contributed by atoms with Crippen molar-refractivity contribution in [3.05, 3.63) is 5.82 Å². The average Bonchev–Trinajstić information content (AvgIpc) is 2.55. The van der Waals surface area contributed by atoms with Crippen LogP contribution in [0.25, 0.3) is 0 Å². The highest BCUT2D eigenvalue weighted by molar-refractivity contribution is 7.99. The molecule has 0 aliphatic carbocycles. The molecular weight excluding hydrogens is 246 g/mol. The molecule has 0 radical (unpaired) electrons. The lowest BCUT2D eigenvalue weighted by Gasteiger charge is -2.26. The number of aryl methyl sites for hydroxylation is 1. The van der Waals surface area contributed by atoms with E-state index in [4.69, 9.17) is 0 Å². The predicted molar refractivity (Wildman–Crippen MR) is 73.8 cm³/mol. The van der Waals surface area contributed by atoms with Crippen LogP contribution in [-0.2, 0) is 13.0 Å². The van der Waals surface area contributed by atoms with Crippen LogP contribution >= 0.6 is 11.8 Å². The number of hydrogen-bond acceptors (Lipinski definition) is 4. The maximum Gasteiger partial charge on any atom is 0.191 e. The van der Waals surface area contributed by atoms with Crippen molar-refractivity contribution < 1.29 is 5.11 Å². The number of aromatic nitrogens is 3. The van der Waals surface area contributed by atoms with Gasteiger partial charge in [-0.25, -0.2) is 0 Å². The number of thioether (sulfide) groups is 1. The molecular formula is C13H23N3OS. The van der Waals surface area contributed by atoms with Crippen LogP contribution in [-0.4, -0.2) is 31.2 Å². The monoisotopic (exact) mass is 269 g/mol. The van der Waals surface area contributed by atoms with Gasteiger partial charge in [-0.3, -0.25) is 0 Å². The maximum atomic E-state index is 10.3. The van der Waals surface area contributed by atoms with E-state index in [9.17, 15) is 5.11 Å². The quantitative estimate of drug-likeness (QED) is 0.853. The number of rotatable bonds is 4. The van der Waals surface area contributed by atoms with Crippen LogP contribution in [0.2, 0.25) is 0 Å². The zero-order chi connectivity index (χ0) is 13.2. The maximum absolute atomic E-state index is 10.3. The highest BCUT2D eigenvalue weighted by Gasteiger charge is 2.26. The third kappa shape index (κ3) is 3.06. The molecule has 1 atom stereocenters. The molecule has 0 amide bonds. The molecule has 1 aromatic heterocycles. The van der Waals surface area contributed by atoms with E-state index in [1.807, 2.05) is 20.8 Å². The molecule has 1 N–H and O–H groups in total. The normalized spacial score (nSPS) is 19.4. The first-order chi connectivity index (χ1) is 8.50. The zero-order valence-corrected chi connectivity index (χ0v) is 12.3. The Morgan fingerprint density at radius 3 is 2.83 bits per heavy atom. The Hall–Kier alpha value is -0.550. The molecule has 0 fully saturated rings. The summed E-state index contributed by atoms with van der Waals surface area (Å²) in [5.41, 5.74) is -0.651. The number of fused-ring (bicyclic) bond motifs is 1. The van der Waals surface area contributed by atoms with Crippen molar-refractivity contribution >= 4 is 11.8 Å². The largest absolute Gasteiger partial charge is 0.389 e. The van der Waals surface area contributed by atoms with E-state index in [-0.39, 0.29) is 5.92 Å². The third-order valence-electron chi connectivity index (χ3n) is 3.81. The number of aliphatic hydroxyl groups is 1. The molecule has 18 heavy (non-hydrogen) atoms. The Kier molecular flexibility index (Phi) is 4.33. The molecule has 2 rings (SSSR count).